The third kappa shape index (κ3) is 4.75. The van der Waals surface area contributed by atoms with Crippen molar-refractivity contribution in [2.45, 2.75) is 13.0 Å². The molecule has 0 fully saturated rings. The summed E-state index contributed by atoms with van der Waals surface area (Å²) >= 11 is 0. The van der Waals surface area contributed by atoms with Gasteiger partial charge in [0, 0.05) is 24.5 Å². The molecule has 6 heteroatoms. The van der Waals surface area contributed by atoms with Crippen LogP contribution >= 0.6 is 0 Å². The number of amides is 1. The summed E-state index contributed by atoms with van der Waals surface area (Å²) in [4.78, 5) is 26.0. The fraction of sp³-hybridized carbons (Fsp3) is 0.250. The number of H-pyrrole nitrogens is 1. The second-order valence-electron chi connectivity index (χ2n) is 4.72. The number of pyridine rings is 1. The van der Waals surface area contributed by atoms with Gasteiger partial charge >= 0.3 is 0 Å². The second-order valence-corrected chi connectivity index (χ2v) is 4.72. The Morgan fingerprint density at radius 2 is 2.05 bits per heavy atom. The van der Waals surface area contributed by atoms with E-state index in [1.54, 1.807) is 0 Å². The Kier molecular flexibility index (Phi) is 5.73. The van der Waals surface area contributed by atoms with Crippen molar-refractivity contribution >= 4 is 5.91 Å². The monoisotopic (exact) mass is 302 g/mol. The molecule has 1 aromatic carbocycles. The molecule has 0 aliphatic carbocycles. The van der Waals surface area contributed by atoms with Gasteiger partial charge in [-0.3, -0.25) is 9.59 Å². The van der Waals surface area contributed by atoms with Crippen molar-refractivity contribution < 1.29 is 14.6 Å². The number of hydrogen-bond acceptors (Lipinski definition) is 4. The summed E-state index contributed by atoms with van der Waals surface area (Å²) in [6.45, 7) is 0.0256. The van der Waals surface area contributed by atoms with Gasteiger partial charge in [-0.05, 0) is 12.0 Å². The van der Waals surface area contributed by atoms with Crippen LogP contribution in [0.15, 0.2) is 47.4 Å². The van der Waals surface area contributed by atoms with Gasteiger partial charge in [-0.2, -0.15) is 0 Å². The molecule has 1 heterocycles. The van der Waals surface area contributed by atoms with Crippen molar-refractivity contribution in [1.82, 2.24) is 10.3 Å². The first-order chi connectivity index (χ1) is 10.7. The lowest BCUT2D eigenvalue weighted by Crippen LogP contribution is -2.31. The Labute approximate surface area is 127 Å². The van der Waals surface area contributed by atoms with E-state index in [1.165, 1.54) is 12.3 Å². The smallest absolute Gasteiger partial charge is 0.257 e. The predicted molar refractivity (Wildman–Crippen MR) is 81.6 cm³/mol. The van der Waals surface area contributed by atoms with Gasteiger partial charge in [0.1, 0.15) is 0 Å². The average molecular weight is 302 g/mol. The number of ether oxygens (including phenoxy) is 1. The number of aliphatic hydroxyl groups is 1. The first-order valence-electron chi connectivity index (χ1n) is 6.95. The van der Waals surface area contributed by atoms with Crippen molar-refractivity contribution in [2.75, 3.05) is 13.2 Å². The Balaban J connectivity index is 1.75. The minimum atomic E-state index is -0.375. The SMILES string of the molecule is O=C(COc1c[nH]c(CO)cc1=O)NCCc1ccccc1. The molecule has 0 saturated heterocycles. The standard InChI is InChI=1S/C16H18N2O4/c19-10-13-8-14(20)15(9-18-13)22-11-16(21)17-7-6-12-4-2-1-3-5-12/h1-5,8-9,19H,6-7,10-11H2,(H,17,21)(H,18,20). The van der Waals surface area contributed by atoms with Crippen LogP contribution in [0.25, 0.3) is 0 Å². The number of nitrogens with one attached hydrogen (secondary N) is 2. The molecule has 116 valence electrons. The number of hydrogen-bond donors (Lipinski definition) is 3. The zero-order valence-electron chi connectivity index (χ0n) is 12.0. The van der Waals surface area contributed by atoms with Gasteiger partial charge in [0.15, 0.2) is 12.4 Å². The van der Waals surface area contributed by atoms with Crippen molar-refractivity contribution in [3.05, 3.63) is 64.1 Å². The first-order valence-corrected chi connectivity index (χ1v) is 6.95. The van der Waals surface area contributed by atoms with Gasteiger partial charge in [0.2, 0.25) is 5.43 Å². The Morgan fingerprint density at radius 3 is 2.73 bits per heavy atom. The molecule has 0 spiro atoms. The summed E-state index contributed by atoms with van der Waals surface area (Å²) < 4.78 is 5.16. The highest BCUT2D eigenvalue weighted by atomic mass is 16.5. The molecule has 1 aromatic heterocycles. The minimum absolute atomic E-state index is 0.0513. The maximum absolute atomic E-state index is 11.7. The number of rotatable bonds is 7. The van der Waals surface area contributed by atoms with Gasteiger partial charge in [0.05, 0.1) is 6.61 Å². The molecule has 0 radical (unpaired) electrons. The third-order valence-electron chi connectivity index (χ3n) is 3.04. The van der Waals surface area contributed by atoms with Crippen LogP contribution in [-0.2, 0) is 17.8 Å². The lowest BCUT2D eigenvalue weighted by atomic mass is 10.1. The highest BCUT2D eigenvalue weighted by Crippen LogP contribution is 2.02. The number of carbonyl (C=O) groups excluding carboxylic acids is 1. The summed E-state index contributed by atoms with van der Waals surface area (Å²) in [7, 11) is 0. The van der Waals surface area contributed by atoms with E-state index in [2.05, 4.69) is 10.3 Å². The van der Waals surface area contributed by atoms with Crippen molar-refractivity contribution in [3.8, 4) is 5.75 Å². The highest BCUT2D eigenvalue weighted by molar-refractivity contribution is 5.77. The molecule has 0 unspecified atom stereocenters. The largest absolute Gasteiger partial charge is 0.478 e. The molecule has 3 N–H and O–H groups in total. The highest BCUT2D eigenvalue weighted by Gasteiger charge is 2.06. The number of aliphatic hydroxyl groups excluding tert-OH is 1. The molecule has 6 nitrogen and oxygen atoms in total. The molecule has 1 amide bonds. The van der Waals surface area contributed by atoms with Gasteiger partial charge in [-0.15, -0.1) is 0 Å². The quantitative estimate of drug-likeness (QED) is 0.698. The van der Waals surface area contributed by atoms with Crippen LogP contribution in [-0.4, -0.2) is 29.1 Å². The summed E-state index contributed by atoms with van der Waals surface area (Å²) in [6, 6.07) is 11.1. The topological polar surface area (TPSA) is 91.4 Å². The van der Waals surface area contributed by atoms with E-state index in [0.29, 0.717) is 12.2 Å². The van der Waals surface area contributed by atoms with Crippen LogP contribution in [0.2, 0.25) is 0 Å². The molecular weight excluding hydrogens is 284 g/mol. The Bertz CT molecular complexity index is 667. The molecule has 2 aromatic rings. The Hall–Kier alpha value is -2.60. The zero-order chi connectivity index (χ0) is 15.8. The molecule has 2 rings (SSSR count). The van der Waals surface area contributed by atoms with Gasteiger partial charge in [0.25, 0.3) is 5.91 Å². The summed E-state index contributed by atoms with van der Waals surface area (Å²) in [6.07, 6.45) is 2.07. The lowest BCUT2D eigenvalue weighted by molar-refractivity contribution is -0.123. The van der Waals surface area contributed by atoms with Crippen LogP contribution < -0.4 is 15.5 Å². The molecular formula is C16H18N2O4. The van der Waals surface area contributed by atoms with Crippen molar-refractivity contribution in [3.63, 3.8) is 0 Å². The fourth-order valence-electron chi connectivity index (χ4n) is 1.89. The number of benzene rings is 1. The molecule has 0 bridgehead atoms. The normalized spacial score (nSPS) is 10.2. The van der Waals surface area contributed by atoms with E-state index in [1.807, 2.05) is 30.3 Å². The van der Waals surface area contributed by atoms with Gasteiger partial charge in [-0.25, -0.2) is 0 Å². The molecule has 0 saturated carbocycles. The van der Waals surface area contributed by atoms with Crippen molar-refractivity contribution in [1.29, 1.82) is 0 Å². The van der Waals surface area contributed by atoms with E-state index < -0.39 is 0 Å². The molecule has 0 aliphatic rings. The third-order valence-corrected chi connectivity index (χ3v) is 3.04. The molecule has 0 atom stereocenters. The minimum Gasteiger partial charge on any atom is -0.478 e. The van der Waals surface area contributed by atoms with Crippen LogP contribution in [0.4, 0.5) is 0 Å². The Morgan fingerprint density at radius 1 is 1.27 bits per heavy atom. The summed E-state index contributed by atoms with van der Waals surface area (Å²) in [5.74, 6) is -0.239. The van der Waals surface area contributed by atoms with Gasteiger partial charge < -0.3 is 20.1 Å². The number of aromatic amines is 1. The fourth-order valence-corrected chi connectivity index (χ4v) is 1.89. The molecule has 0 aliphatic heterocycles. The van der Waals surface area contributed by atoms with E-state index in [9.17, 15) is 9.59 Å². The predicted octanol–water partition coefficient (Wildman–Crippen LogP) is 0.605. The maximum Gasteiger partial charge on any atom is 0.257 e. The number of carbonyl (C=O) groups is 1. The average Bonchev–Trinajstić information content (AvgIpc) is 2.54. The molecule has 22 heavy (non-hydrogen) atoms. The van der Waals surface area contributed by atoms with Crippen LogP contribution in [0.1, 0.15) is 11.3 Å². The zero-order valence-corrected chi connectivity index (χ0v) is 12.0. The second kappa shape index (κ2) is 7.99. The van der Waals surface area contributed by atoms with E-state index in [4.69, 9.17) is 9.84 Å². The van der Waals surface area contributed by atoms with Crippen molar-refractivity contribution in [2.24, 2.45) is 0 Å². The summed E-state index contributed by atoms with van der Waals surface area (Å²) in [5.41, 5.74) is 1.16. The van der Waals surface area contributed by atoms with E-state index >= 15 is 0 Å². The van der Waals surface area contributed by atoms with Crippen LogP contribution in [0, 0.1) is 0 Å². The van der Waals surface area contributed by atoms with Crippen LogP contribution in [0.5, 0.6) is 5.75 Å². The lowest BCUT2D eigenvalue weighted by Gasteiger charge is -2.07. The van der Waals surface area contributed by atoms with E-state index in [-0.39, 0.29) is 30.3 Å². The van der Waals surface area contributed by atoms with Crippen LogP contribution in [0.3, 0.4) is 0 Å². The van der Waals surface area contributed by atoms with Gasteiger partial charge in [-0.1, -0.05) is 30.3 Å². The maximum atomic E-state index is 11.7. The first kappa shape index (κ1) is 15.8. The summed E-state index contributed by atoms with van der Waals surface area (Å²) in [5, 5.41) is 11.6. The van der Waals surface area contributed by atoms with E-state index in [0.717, 1.165) is 12.0 Å². The number of aromatic nitrogens is 1.